The van der Waals surface area contributed by atoms with Crippen LogP contribution in [0.25, 0.3) is 0 Å². The highest BCUT2D eigenvalue weighted by atomic mass is 19.4. The summed E-state index contributed by atoms with van der Waals surface area (Å²) in [5.41, 5.74) is -1.36. The second-order valence-electron chi connectivity index (χ2n) is 4.34. The van der Waals surface area contributed by atoms with E-state index in [0.29, 0.717) is 25.3 Å². The van der Waals surface area contributed by atoms with Gasteiger partial charge in [-0.3, -0.25) is 4.79 Å². The SMILES string of the molecule is COCCNC(=O)C(C)Nc1ccc(F)c(C(F)(F)F)c1. The predicted octanol–water partition coefficient (Wildman–Crippen LogP) is 2.41. The molecule has 0 aliphatic carbocycles. The van der Waals surface area contributed by atoms with Crippen LogP contribution < -0.4 is 10.6 Å². The van der Waals surface area contributed by atoms with Crippen molar-refractivity contribution in [2.24, 2.45) is 0 Å². The second kappa shape index (κ2) is 7.26. The van der Waals surface area contributed by atoms with Gasteiger partial charge in [-0.25, -0.2) is 4.39 Å². The summed E-state index contributed by atoms with van der Waals surface area (Å²) < 4.78 is 55.6. The normalized spacial score (nSPS) is 12.9. The van der Waals surface area contributed by atoms with Crippen LogP contribution in [0.15, 0.2) is 18.2 Å². The van der Waals surface area contributed by atoms with Gasteiger partial charge >= 0.3 is 6.18 Å². The number of hydrogen-bond donors (Lipinski definition) is 2. The Morgan fingerprint density at radius 1 is 1.38 bits per heavy atom. The lowest BCUT2D eigenvalue weighted by molar-refractivity contribution is -0.139. The Balaban J connectivity index is 2.72. The molecule has 0 saturated carbocycles. The number of hydrogen-bond acceptors (Lipinski definition) is 3. The lowest BCUT2D eigenvalue weighted by Crippen LogP contribution is -2.39. The third-order valence-corrected chi connectivity index (χ3v) is 2.65. The lowest BCUT2D eigenvalue weighted by atomic mass is 10.1. The molecule has 0 aliphatic heterocycles. The van der Waals surface area contributed by atoms with Gasteiger partial charge < -0.3 is 15.4 Å². The topological polar surface area (TPSA) is 50.4 Å². The number of rotatable bonds is 6. The summed E-state index contributed by atoms with van der Waals surface area (Å²) in [6, 6.07) is 1.71. The van der Waals surface area contributed by atoms with Crippen LogP contribution in [0, 0.1) is 5.82 Å². The minimum Gasteiger partial charge on any atom is -0.383 e. The summed E-state index contributed by atoms with van der Waals surface area (Å²) in [6.45, 7) is 2.10. The van der Waals surface area contributed by atoms with Crippen LogP contribution in [-0.2, 0) is 15.7 Å². The van der Waals surface area contributed by atoms with Crippen LogP contribution in [0.1, 0.15) is 12.5 Å². The van der Waals surface area contributed by atoms with Gasteiger partial charge in [0.1, 0.15) is 11.9 Å². The first kappa shape index (κ1) is 17.2. The summed E-state index contributed by atoms with van der Waals surface area (Å²) >= 11 is 0. The van der Waals surface area contributed by atoms with Gasteiger partial charge in [0, 0.05) is 19.3 Å². The van der Waals surface area contributed by atoms with Crippen molar-refractivity contribution in [1.29, 1.82) is 0 Å². The van der Waals surface area contributed by atoms with Crippen LogP contribution in [-0.4, -0.2) is 32.2 Å². The minimum atomic E-state index is -4.79. The molecule has 118 valence electrons. The summed E-state index contributed by atoms with van der Waals surface area (Å²) in [5, 5.41) is 5.13. The molecule has 2 N–H and O–H groups in total. The lowest BCUT2D eigenvalue weighted by Gasteiger charge is -2.16. The summed E-state index contributed by atoms with van der Waals surface area (Å²) in [7, 11) is 1.48. The highest BCUT2D eigenvalue weighted by molar-refractivity contribution is 5.84. The van der Waals surface area contributed by atoms with Crippen molar-refractivity contribution in [3.8, 4) is 0 Å². The minimum absolute atomic E-state index is 0.0121. The Bertz CT molecular complexity index is 492. The third kappa shape index (κ3) is 5.22. The first-order valence-electron chi connectivity index (χ1n) is 6.15. The van der Waals surface area contributed by atoms with Crippen molar-refractivity contribution >= 4 is 11.6 Å². The van der Waals surface area contributed by atoms with E-state index in [1.807, 2.05) is 0 Å². The van der Waals surface area contributed by atoms with Crippen molar-refractivity contribution in [1.82, 2.24) is 5.32 Å². The Kier molecular flexibility index (Phi) is 5.95. The third-order valence-electron chi connectivity index (χ3n) is 2.65. The van der Waals surface area contributed by atoms with Crippen molar-refractivity contribution in [3.05, 3.63) is 29.6 Å². The largest absolute Gasteiger partial charge is 0.419 e. The summed E-state index contributed by atoms with van der Waals surface area (Å²) in [5.74, 6) is -1.75. The number of alkyl halides is 3. The van der Waals surface area contributed by atoms with E-state index in [-0.39, 0.29) is 5.69 Å². The molecule has 0 heterocycles. The van der Waals surface area contributed by atoms with Crippen molar-refractivity contribution in [3.63, 3.8) is 0 Å². The van der Waals surface area contributed by atoms with Gasteiger partial charge in [0.15, 0.2) is 0 Å². The maximum atomic E-state index is 13.1. The smallest absolute Gasteiger partial charge is 0.383 e. The fourth-order valence-electron chi connectivity index (χ4n) is 1.58. The van der Waals surface area contributed by atoms with Gasteiger partial charge in [-0.15, -0.1) is 0 Å². The first-order chi connectivity index (χ1) is 9.75. The van der Waals surface area contributed by atoms with Crippen LogP contribution in [0.5, 0.6) is 0 Å². The van der Waals surface area contributed by atoms with Gasteiger partial charge in [0.2, 0.25) is 5.91 Å². The quantitative estimate of drug-likeness (QED) is 0.627. The van der Waals surface area contributed by atoms with Gasteiger partial charge in [-0.05, 0) is 25.1 Å². The fraction of sp³-hybridized carbons (Fsp3) is 0.462. The summed E-state index contributed by atoms with van der Waals surface area (Å²) in [6.07, 6.45) is -4.79. The number of halogens is 4. The Morgan fingerprint density at radius 3 is 2.62 bits per heavy atom. The van der Waals surface area contributed by atoms with Crippen LogP contribution in [0.4, 0.5) is 23.2 Å². The molecule has 1 amide bonds. The fourth-order valence-corrected chi connectivity index (χ4v) is 1.58. The Hall–Kier alpha value is -1.83. The number of nitrogens with one attached hydrogen (secondary N) is 2. The zero-order valence-corrected chi connectivity index (χ0v) is 11.6. The molecule has 0 fully saturated rings. The van der Waals surface area contributed by atoms with E-state index >= 15 is 0 Å². The number of benzene rings is 1. The van der Waals surface area contributed by atoms with Crippen molar-refractivity contribution in [2.45, 2.75) is 19.1 Å². The molecular weight excluding hydrogens is 292 g/mol. The van der Waals surface area contributed by atoms with E-state index in [1.54, 1.807) is 0 Å². The van der Waals surface area contributed by atoms with E-state index in [9.17, 15) is 22.4 Å². The van der Waals surface area contributed by atoms with Gasteiger partial charge in [0.25, 0.3) is 0 Å². The van der Waals surface area contributed by atoms with E-state index < -0.39 is 29.5 Å². The van der Waals surface area contributed by atoms with Gasteiger partial charge in [-0.2, -0.15) is 13.2 Å². The highest BCUT2D eigenvalue weighted by Crippen LogP contribution is 2.33. The maximum Gasteiger partial charge on any atom is 0.419 e. The van der Waals surface area contributed by atoms with E-state index in [4.69, 9.17) is 4.74 Å². The number of carbonyl (C=O) groups is 1. The molecule has 0 saturated heterocycles. The van der Waals surface area contributed by atoms with Crippen LogP contribution in [0.3, 0.4) is 0 Å². The molecule has 1 atom stereocenters. The zero-order chi connectivity index (χ0) is 16.0. The standard InChI is InChI=1S/C13H16F4N2O2/c1-8(12(20)18-5-6-21-2)19-9-3-4-11(14)10(7-9)13(15,16)17/h3-4,7-8,19H,5-6H2,1-2H3,(H,18,20). The zero-order valence-electron chi connectivity index (χ0n) is 11.6. The maximum absolute atomic E-state index is 13.1. The van der Waals surface area contributed by atoms with E-state index in [2.05, 4.69) is 10.6 Å². The molecule has 1 aromatic rings. The molecule has 21 heavy (non-hydrogen) atoms. The Labute approximate surface area is 119 Å². The van der Waals surface area contributed by atoms with E-state index in [1.165, 1.54) is 14.0 Å². The average Bonchev–Trinajstić information content (AvgIpc) is 2.39. The molecule has 1 rings (SSSR count). The predicted molar refractivity (Wildman–Crippen MR) is 69.4 cm³/mol. The number of anilines is 1. The molecule has 4 nitrogen and oxygen atoms in total. The molecule has 0 aliphatic rings. The van der Waals surface area contributed by atoms with Crippen molar-refractivity contribution < 1.29 is 27.1 Å². The number of carbonyl (C=O) groups excluding carboxylic acids is 1. The first-order valence-corrected chi connectivity index (χ1v) is 6.15. The molecule has 0 aromatic heterocycles. The van der Waals surface area contributed by atoms with Crippen LogP contribution >= 0.6 is 0 Å². The number of ether oxygens (including phenoxy) is 1. The molecule has 0 spiro atoms. The van der Waals surface area contributed by atoms with Crippen molar-refractivity contribution in [2.75, 3.05) is 25.6 Å². The van der Waals surface area contributed by atoms with Gasteiger partial charge in [-0.1, -0.05) is 0 Å². The number of amides is 1. The monoisotopic (exact) mass is 308 g/mol. The molecule has 1 aromatic carbocycles. The summed E-state index contributed by atoms with van der Waals surface area (Å²) in [4.78, 5) is 11.6. The molecule has 8 heteroatoms. The number of methoxy groups -OCH3 is 1. The van der Waals surface area contributed by atoms with Gasteiger partial charge in [0.05, 0.1) is 12.2 Å². The highest BCUT2D eigenvalue weighted by Gasteiger charge is 2.34. The van der Waals surface area contributed by atoms with E-state index in [0.717, 1.165) is 6.07 Å². The molecule has 0 bridgehead atoms. The molecule has 1 unspecified atom stereocenters. The van der Waals surface area contributed by atoms with Crippen LogP contribution in [0.2, 0.25) is 0 Å². The molecule has 0 radical (unpaired) electrons. The average molecular weight is 308 g/mol. The Morgan fingerprint density at radius 2 is 2.05 bits per heavy atom. The molecular formula is C13H16F4N2O2. The second-order valence-corrected chi connectivity index (χ2v) is 4.34.